The van der Waals surface area contributed by atoms with Gasteiger partial charge in [0.2, 0.25) is 5.91 Å². The third-order valence-corrected chi connectivity index (χ3v) is 3.36. The number of benzene rings is 1. The van der Waals surface area contributed by atoms with Crippen molar-refractivity contribution in [2.45, 2.75) is 19.8 Å². The molecule has 21 heavy (non-hydrogen) atoms. The van der Waals surface area contributed by atoms with E-state index in [1.165, 1.54) is 6.07 Å². The highest BCUT2D eigenvalue weighted by molar-refractivity contribution is 5.81. The highest BCUT2D eigenvalue weighted by Crippen LogP contribution is 2.30. The average Bonchev–Trinajstić information content (AvgIpc) is 2.99. The molecule has 1 aromatic carbocycles. The van der Waals surface area contributed by atoms with E-state index in [1.54, 1.807) is 19.1 Å². The number of anilines is 1. The van der Waals surface area contributed by atoms with Crippen LogP contribution in [0.2, 0.25) is 0 Å². The summed E-state index contributed by atoms with van der Waals surface area (Å²) in [5.74, 6) is 0.255. The van der Waals surface area contributed by atoms with Crippen molar-refractivity contribution >= 4 is 17.3 Å². The number of amides is 1. The standard InChI is InChI=1S/C14H19N3O4/c1-2-21-13-9-11(5-6-12(13)17(19)20)15-10-14(18)16-7-3-4-8-16/h5-6,9,15H,2-4,7-8,10H2,1H3. The average molecular weight is 293 g/mol. The lowest BCUT2D eigenvalue weighted by molar-refractivity contribution is -0.385. The second-order valence-electron chi connectivity index (χ2n) is 4.81. The number of nitrogens with one attached hydrogen (secondary N) is 1. The number of nitro benzene ring substituents is 1. The van der Waals surface area contributed by atoms with Crippen LogP contribution in [0.5, 0.6) is 5.75 Å². The number of hydrogen-bond donors (Lipinski definition) is 1. The van der Waals surface area contributed by atoms with Gasteiger partial charge in [-0.25, -0.2) is 0 Å². The van der Waals surface area contributed by atoms with Gasteiger partial charge in [0.25, 0.3) is 0 Å². The summed E-state index contributed by atoms with van der Waals surface area (Å²) in [5, 5.41) is 13.9. The molecule has 0 bridgehead atoms. The Hall–Kier alpha value is -2.31. The first kappa shape index (κ1) is 15.1. The fraction of sp³-hybridized carbons (Fsp3) is 0.500. The summed E-state index contributed by atoms with van der Waals surface area (Å²) in [7, 11) is 0. The van der Waals surface area contributed by atoms with Gasteiger partial charge >= 0.3 is 5.69 Å². The first-order valence-corrected chi connectivity index (χ1v) is 7.04. The van der Waals surface area contributed by atoms with E-state index in [0.29, 0.717) is 12.3 Å². The zero-order valence-electron chi connectivity index (χ0n) is 12.0. The predicted molar refractivity (Wildman–Crippen MR) is 78.6 cm³/mol. The molecule has 2 rings (SSSR count). The minimum atomic E-state index is -0.482. The molecule has 0 saturated carbocycles. The minimum absolute atomic E-state index is 0.0452. The molecule has 1 aromatic rings. The summed E-state index contributed by atoms with van der Waals surface area (Å²) in [6.45, 7) is 3.91. The fourth-order valence-corrected chi connectivity index (χ4v) is 2.30. The van der Waals surface area contributed by atoms with Crippen molar-refractivity contribution in [3.8, 4) is 5.75 Å². The summed E-state index contributed by atoms with van der Waals surface area (Å²) in [6, 6.07) is 4.52. The molecule has 7 heteroatoms. The van der Waals surface area contributed by atoms with E-state index in [9.17, 15) is 14.9 Å². The smallest absolute Gasteiger partial charge is 0.311 e. The van der Waals surface area contributed by atoms with Crippen molar-refractivity contribution in [1.29, 1.82) is 0 Å². The van der Waals surface area contributed by atoms with Gasteiger partial charge in [-0.2, -0.15) is 0 Å². The normalized spacial score (nSPS) is 14.0. The molecular formula is C14H19N3O4. The van der Waals surface area contributed by atoms with Crippen LogP contribution in [0.15, 0.2) is 18.2 Å². The van der Waals surface area contributed by atoms with Crippen LogP contribution < -0.4 is 10.1 Å². The molecule has 1 aliphatic rings. The van der Waals surface area contributed by atoms with Crippen LogP contribution in [0.3, 0.4) is 0 Å². The molecule has 0 radical (unpaired) electrons. The van der Waals surface area contributed by atoms with Crippen molar-refractivity contribution in [2.75, 3.05) is 31.6 Å². The van der Waals surface area contributed by atoms with Gasteiger partial charge in [-0.15, -0.1) is 0 Å². The van der Waals surface area contributed by atoms with Gasteiger partial charge in [0.1, 0.15) is 0 Å². The first-order chi connectivity index (χ1) is 10.1. The highest BCUT2D eigenvalue weighted by Gasteiger charge is 2.18. The van der Waals surface area contributed by atoms with Gasteiger partial charge in [-0.1, -0.05) is 0 Å². The van der Waals surface area contributed by atoms with Crippen LogP contribution in [0, 0.1) is 10.1 Å². The predicted octanol–water partition coefficient (Wildman–Crippen LogP) is 2.03. The van der Waals surface area contributed by atoms with E-state index >= 15 is 0 Å². The number of nitrogens with zero attached hydrogens (tertiary/aromatic N) is 2. The van der Waals surface area contributed by atoms with Crippen LogP contribution in [0.1, 0.15) is 19.8 Å². The number of ether oxygens (including phenoxy) is 1. The lowest BCUT2D eigenvalue weighted by Gasteiger charge is -2.16. The van der Waals surface area contributed by atoms with Gasteiger partial charge in [0.05, 0.1) is 18.1 Å². The SMILES string of the molecule is CCOc1cc(NCC(=O)N2CCCC2)ccc1[N+](=O)[O-]. The van der Waals surface area contributed by atoms with Crippen molar-refractivity contribution in [2.24, 2.45) is 0 Å². The van der Waals surface area contributed by atoms with Gasteiger partial charge in [-0.05, 0) is 25.8 Å². The van der Waals surface area contributed by atoms with Crippen LogP contribution in [0.4, 0.5) is 11.4 Å². The second kappa shape index (κ2) is 6.92. The van der Waals surface area contributed by atoms with Crippen LogP contribution in [0.25, 0.3) is 0 Å². The molecule has 1 amide bonds. The monoisotopic (exact) mass is 293 g/mol. The summed E-state index contributed by atoms with van der Waals surface area (Å²) in [4.78, 5) is 24.2. The number of hydrogen-bond acceptors (Lipinski definition) is 5. The molecule has 114 valence electrons. The molecule has 1 fully saturated rings. The van der Waals surface area contributed by atoms with Crippen molar-refractivity contribution < 1.29 is 14.5 Å². The van der Waals surface area contributed by atoms with Crippen molar-refractivity contribution in [3.05, 3.63) is 28.3 Å². The number of carbonyl (C=O) groups excluding carboxylic acids is 1. The molecular weight excluding hydrogens is 274 g/mol. The molecule has 1 N–H and O–H groups in total. The number of rotatable bonds is 6. The molecule has 1 aliphatic heterocycles. The van der Waals surface area contributed by atoms with Crippen molar-refractivity contribution in [3.63, 3.8) is 0 Å². The van der Waals surface area contributed by atoms with E-state index in [1.807, 2.05) is 4.90 Å². The van der Waals surface area contributed by atoms with Gasteiger partial charge in [-0.3, -0.25) is 14.9 Å². The largest absolute Gasteiger partial charge is 0.487 e. The Morgan fingerprint density at radius 1 is 1.43 bits per heavy atom. The molecule has 0 aliphatic carbocycles. The number of carbonyl (C=O) groups is 1. The zero-order valence-corrected chi connectivity index (χ0v) is 12.0. The van der Waals surface area contributed by atoms with E-state index < -0.39 is 4.92 Å². The Bertz CT molecular complexity index is 527. The van der Waals surface area contributed by atoms with E-state index in [2.05, 4.69) is 5.32 Å². The third-order valence-electron chi connectivity index (χ3n) is 3.36. The molecule has 0 aromatic heterocycles. The van der Waals surface area contributed by atoms with Crippen LogP contribution >= 0.6 is 0 Å². The maximum Gasteiger partial charge on any atom is 0.311 e. The number of likely N-dealkylation sites (tertiary alicyclic amines) is 1. The maximum absolute atomic E-state index is 11.9. The third kappa shape index (κ3) is 3.84. The Kier molecular flexibility index (Phi) is 4.97. The lowest BCUT2D eigenvalue weighted by atomic mass is 10.2. The van der Waals surface area contributed by atoms with E-state index in [0.717, 1.165) is 25.9 Å². The highest BCUT2D eigenvalue weighted by atomic mass is 16.6. The Morgan fingerprint density at radius 2 is 2.14 bits per heavy atom. The lowest BCUT2D eigenvalue weighted by Crippen LogP contribution is -2.32. The van der Waals surface area contributed by atoms with Crippen LogP contribution in [-0.2, 0) is 4.79 Å². The van der Waals surface area contributed by atoms with E-state index in [4.69, 9.17) is 4.74 Å². The molecule has 0 atom stereocenters. The number of nitro groups is 1. The second-order valence-corrected chi connectivity index (χ2v) is 4.81. The first-order valence-electron chi connectivity index (χ1n) is 7.04. The molecule has 1 saturated heterocycles. The van der Waals surface area contributed by atoms with Gasteiger partial charge < -0.3 is 15.0 Å². The van der Waals surface area contributed by atoms with Gasteiger partial charge in [0, 0.05) is 30.9 Å². The summed E-state index contributed by atoms with van der Waals surface area (Å²) in [6.07, 6.45) is 2.11. The molecule has 0 spiro atoms. The topological polar surface area (TPSA) is 84.7 Å². The summed E-state index contributed by atoms with van der Waals surface area (Å²) < 4.78 is 5.27. The minimum Gasteiger partial charge on any atom is -0.487 e. The summed E-state index contributed by atoms with van der Waals surface area (Å²) in [5.41, 5.74) is 0.560. The Labute approximate surface area is 123 Å². The Morgan fingerprint density at radius 3 is 2.76 bits per heavy atom. The fourth-order valence-electron chi connectivity index (χ4n) is 2.30. The van der Waals surface area contributed by atoms with Crippen molar-refractivity contribution in [1.82, 2.24) is 4.90 Å². The molecule has 1 heterocycles. The molecule has 7 nitrogen and oxygen atoms in total. The van der Waals surface area contributed by atoms with E-state index in [-0.39, 0.29) is 23.9 Å². The Balaban J connectivity index is 2.01. The van der Waals surface area contributed by atoms with Gasteiger partial charge in [0.15, 0.2) is 5.75 Å². The summed E-state index contributed by atoms with van der Waals surface area (Å²) >= 11 is 0. The quantitative estimate of drug-likeness (QED) is 0.640. The van der Waals surface area contributed by atoms with Crippen LogP contribution in [-0.4, -0.2) is 42.0 Å². The zero-order chi connectivity index (χ0) is 15.2. The molecule has 0 unspecified atom stereocenters. The maximum atomic E-state index is 11.9.